The zero-order chi connectivity index (χ0) is 20.2. The fourth-order valence-corrected chi connectivity index (χ4v) is 3.62. The van der Waals surface area contributed by atoms with Crippen LogP contribution in [0.5, 0.6) is 11.5 Å². The lowest BCUT2D eigenvalue weighted by Crippen LogP contribution is -2.32. The molecular formula is C23H23N3O3. The van der Waals surface area contributed by atoms with Crippen molar-refractivity contribution in [3.8, 4) is 11.5 Å². The second-order valence-corrected chi connectivity index (χ2v) is 6.99. The number of ether oxygens (including phenoxy) is 1. The Morgan fingerprint density at radius 3 is 2.83 bits per heavy atom. The number of carbonyl (C=O) groups excluding carboxylic acids is 1. The van der Waals surface area contributed by atoms with Crippen LogP contribution in [0.3, 0.4) is 0 Å². The lowest BCUT2D eigenvalue weighted by Gasteiger charge is -2.31. The van der Waals surface area contributed by atoms with E-state index in [4.69, 9.17) is 4.74 Å². The standard InChI is InChI=1S/C23H23N3O3/c1-29-19-8-9-21(27)20(13-19)23(28)25-14-17-7-4-11-24-22(17)26-12-10-16-5-2-3-6-18(16)15-26/h2-9,11,13,27H,10,12,14-15H2,1H3,(H,25,28). The summed E-state index contributed by atoms with van der Waals surface area (Å²) in [6.07, 6.45) is 2.74. The number of fused-ring (bicyclic) bond motifs is 1. The highest BCUT2D eigenvalue weighted by Gasteiger charge is 2.20. The van der Waals surface area contributed by atoms with Crippen molar-refractivity contribution in [3.05, 3.63) is 83.0 Å². The molecule has 148 valence electrons. The van der Waals surface area contributed by atoms with Crippen LogP contribution >= 0.6 is 0 Å². The van der Waals surface area contributed by atoms with E-state index in [-0.39, 0.29) is 17.2 Å². The van der Waals surface area contributed by atoms with Crippen LogP contribution < -0.4 is 15.0 Å². The Morgan fingerprint density at radius 1 is 1.17 bits per heavy atom. The van der Waals surface area contributed by atoms with E-state index in [0.717, 1.165) is 30.9 Å². The highest BCUT2D eigenvalue weighted by Crippen LogP contribution is 2.26. The number of hydrogen-bond acceptors (Lipinski definition) is 5. The van der Waals surface area contributed by atoms with E-state index in [1.807, 2.05) is 12.1 Å². The summed E-state index contributed by atoms with van der Waals surface area (Å²) in [7, 11) is 1.52. The summed E-state index contributed by atoms with van der Waals surface area (Å²) in [4.78, 5) is 19.4. The molecule has 0 atom stereocenters. The normalized spacial score (nSPS) is 12.9. The zero-order valence-electron chi connectivity index (χ0n) is 16.3. The van der Waals surface area contributed by atoms with E-state index in [2.05, 4.69) is 39.5 Å². The van der Waals surface area contributed by atoms with Crippen molar-refractivity contribution in [2.75, 3.05) is 18.6 Å². The number of phenols is 1. The SMILES string of the molecule is COc1ccc(O)c(C(=O)NCc2cccnc2N2CCc3ccccc3C2)c1. The smallest absolute Gasteiger partial charge is 0.255 e. The molecule has 1 aliphatic heterocycles. The molecule has 1 amide bonds. The number of aromatic nitrogens is 1. The highest BCUT2D eigenvalue weighted by molar-refractivity contribution is 5.97. The summed E-state index contributed by atoms with van der Waals surface area (Å²) in [5.74, 6) is 0.946. The zero-order valence-corrected chi connectivity index (χ0v) is 16.3. The maximum atomic E-state index is 12.6. The predicted molar refractivity (Wildman–Crippen MR) is 111 cm³/mol. The first kappa shape index (κ1) is 18.8. The number of anilines is 1. The topological polar surface area (TPSA) is 74.7 Å². The Morgan fingerprint density at radius 2 is 2.00 bits per heavy atom. The molecular weight excluding hydrogens is 366 g/mol. The van der Waals surface area contributed by atoms with E-state index in [9.17, 15) is 9.90 Å². The summed E-state index contributed by atoms with van der Waals surface area (Å²) in [6.45, 7) is 1.99. The van der Waals surface area contributed by atoms with E-state index in [1.54, 1.807) is 12.3 Å². The van der Waals surface area contributed by atoms with Gasteiger partial charge >= 0.3 is 0 Å². The third-order valence-corrected chi connectivity index (χ3v) is 5.19. The van der Waals surface area contributed by atoms with Crippen molar-refractivity contribution in [3.63, 3.8) is 0 Å². The van der Waals surface area contributed by atoms with Gasteiger partial charge in [0.15, 0.2) is 0 Å². The number of aromatic hydroxyl groups is 1. The minimum atomic E-state index is -0.361. The summed E-state index contributed by atoms with van der Waals surface area (Å²) >= 11 is 0. The van der Waals surface area contributed by atoms with E-state index < -0.39 is 0 Å². The molecule has 0 aliphatic carbocycles. The molecule has 2 heterocycles. The molecule has 1 aliphatic rings. The highest BCUT2D eigenvalue weighted by atomic mass is 16.5. The van der Waals surface area contributed by atoms with Crippen molar-refractivity contribution < 1.29 is 14.6 Å². The summed E-state index contributed by atoms with van der Waals surface area (Å²) in [6, 6.07) is 16.9. The Labute approximate surface area is 169 Å². The molecule has 0 radical (unpaired) electrons. The molecule has 1 aromatic heterocycles. The number of rotatable bonds is 5. The molecule has 0 unspecified atom stereocenters. The largest absolute Gasteiger partial charge is 0.507 e. The number of hydrogen-bond donors (Lipinski definition) is 2. The molecule has 0 spiro atoms. The van der Waals surface area contributed by atoms with Crippen LogP contribution in [0.1, 0.15) is 27.0 Å². The number of carbonyl (C=O) groups is 1. The average molecular weight is 389 g/mol. The van der Waals surface area contributed by atoms with Crippen molar-refractivity contribution in [2.24, 2.45) is 0 Å². The van der Waals surface area contributed by atoms with Gasteiger partial charge in [-0.2, -0.15) is 0 Å². The molecule has 2 N–H and O–H groups in total. The molecule has 0 fully saturated rings. The number of pyridine rings is 1. The van der Waals surface area contributed by atoms with Crippen LogP contribution in [0.2, 0.25) is 0 Å². The summed E-state index contributed by atoms with van der Waals surface area (Å²) in [5.41, 5.74) is 3.80. The maximum absolute atomic E-state index is 12.6. The van der Waals surface area contributed by atoms with Crippen LogP contribution in [0.25, 0.3) is 0 Å². The monoisotopic (exact) mass is 389 g/mol. The van der Waals surface area contributed by atoms with E-state index in [1.165, 1.54) is 30.4 Å². The van der Waals surface area contributed by atoms with Gasteiger partial charge in [-0.3, -0.25) is 4.79 Å². The molecule has 0 saturated heterocycles. The first-order chi connectivity index (χ1) is 14.2. The summed E-state index contributed by atoms with van der Waals surface area (Å²) < 4.78 is 5.14. The third-order valence-electron chi connectivity index (χ3n) is 5.19. The van der Waals surface area contributed by atoms with Gasteiger partial charge in [0.2, 0.25) is 0 Å². The molecule has 3 aromatic rings. The summed E-state index contributed by atoms with van der Waals surface area (Å²) in [5, 5.41) is 12.9. The van der Waals surface area contributed by atoms with Gasteiger partial charge in [-0.1, -0.05) is 30.3 Å². The first-order valence-corrected chi connectivity index (χ1v) is 9.56. The minimum absolute atomic E-state index is 0.0812. The Bertz CT molecular complexity index is 1040. The van der Waals surface area contributed by atoms with Gasteiger partial charge in [0.1, 0.15) is 17.3 Å². The second kappa shape index (κ2) is 8.22. The molecule has 29 heavy (non-hydrogen) atoms. The molecule has 6 heteroatoms. The van der Waals surface area contributed by atoms with Gasteiger partial charge in [0, 0.05) is 31.4 Å². The van der Waals surface area contributed by atoms with Crippen LogP contribution in [0.4, 0.5) is 5.82 Å². The Kier molecular flexibility index (Phi) is 5.33. The van der Waals surface area contributed by atoms with Gasteiger partial charge < -0.3 is 20.1 Å². The average Bonchev–Trinajstić information content (AvgIpc) is 2.77. The van der Waals surface area contributed by atoms with Gasteiger partial charge in [0.05, 0.1) is 12.7 Å². The van der Waals surface area contributed by atoms with E-state index >= 15 is 0 Å². The van der Waals surface area contributed by atoms with Gasteiger partial charge in [-0.25, -0.2) is 4.98 Å². The molecule has 4 rings (SSSR count). The van der Waals surface area contributed by atoms with Crippen molar-refractivity contribution in [1.82, 2.24) is 10.3 Å². The number of amides is 1. The van der Waals surface area contributed by atoms with Gasteiger partial charge in [-0.15, -0.1) is 0 Å². The van der Waals surface area contributed by atoms with Gasteiger partial charge in [-0.05, 0) is 41.8 Å². The first-order valence-electron chi connectivity index (χ1n) is 9.56. The fourth-order valence-electron chi connectivity index (χ4n) is 3.62. The lowest BCUT2D eigenvalue weighted by molar-refractivity contribution is 0.0948. The van der Waals surface area contributed by atoms with Crippen molar-refractivity contribution in [1.29, 1.82) is 0 Å². The predicted octanol–water partition coefficient (Wildman–Crippen LogP) is 3.29. The minimum Gasteiger partial charge on any atom is -0.507 e. The van der Waals surface area contributed by atoms with Gasteiger partial charge in [0.25, 0.3) is 5.91 Å². The fraction of sp³-hybridized carbons (Fsp3) is 0.217. The lowest BCUT2D eigenvalue weighted by atomic mass is 9.99. The maximum Gasteiger partial charge on any atom is 0.255 e. The van der Waals surface area contributed by atoms with E-state index in [0.29, 0.717) is 12.3 Å². The number of nitrogens with one attached hydrogen (secondary N) is 1. The number of phenolic OH excluding ortho intramolecular Hbond substituents is 1. The Hall–Kier alpha value is -3.54. The van der Waals surface area contributed by atoms with Crippen molar-refractivity contribution in [2.45, 2.75) is 19.5 Å². The molecule has 0 bridgehead atoms. The molecule has 0 saturated carbocycles. The van der Waals surface area contributed by atoms with Crippen LogP contribution in [-0.2, 0) is 19.5 Å². The van der Waals surface area contributed by atoms with Crippen LogP contribution in [0.15, 0.2) is 60.8 Å². The molecule has 6 nitrogen and oxygen atoms in total. The van der Waals surface area contributed by atoms with Crippen LogP contribution in [0, 0.1) is 0 Å². The van der Waals surface area contributed by atoms with Crippen molar-refractivity contribution >= 4 is 11.7 Å². The third kappa shape index (κ3) is 4.01. The number of methoxy groups -OCH3 is 1. The number of nitrogens with zero attached hydrogens (tertiary/aromatic N) is 2. The second-order valence-electron chi connectivity index (χ2n) is 6.99. The Balaban J connectivity index is 1.50. The quantitative estimate of drug-likeness (QED) is 0.700. The number of benzene rings is 2. The van der Waals surface area contributed by atoms with Crippen LogP contribution in [-0.4, -0.2) is 29.7 Å². The molecule has 2 aromatic carbocycles.